The molecule has 2 aliphatic rings. The molecule has 0 aliphatic carbocycles. The van der Waals surface area contributed by atoms with E-state index in [-0.39, 0.29) is 0 Å². The van der Waals surface area contributed by atoms with Gasteiger partial charge in [-0.3, -0.25) is 9.80 Å². The largest absolute Gasteiger partial charge is 0.379 e. The lowest BCUT2D eigenvalue weighted by molar-refractivity contribution is 0.0342. The second-order valence-corrected chi connectivity index (χ2v) is 11.0. The van der Waals surface area contributed by atoms with Crippen LogP contribution in [0.1, 0.15) is 11.1 Å². The number of ether oxygens (including phenoxy) is 1. The third kappa shape index (κ3) is 5.68. The molecule has 4 heterocycles. The Kier molecular flexibility index (Phi) is 7.44. The number of pyridine rings is 1. The number of hydrogen-bond donors (Lipinski definition) is 1. The summed E-state index contributed by atoms with van der Waals surface area (Å²) < 4.78 is 6.48. The number of benzene rings is 2. The number of anilines is 1. The van der Waals surface area contributed by atoms with E-state index < -0.39 is 0 Å². The first kappa shape index (κ1) is 24.8. The highest BCUT2D eigenvalue weighted by atomic mass is 79.9. The summed E-state index contributed by atoms with van der Waals surface area (Å²) in [5.41, 5.74) is 6.52. The summed E-state index contributed by atoms with van der Waals surface area (Å²) in [6, 6.07) is 16.8. The summed E-state index contributed by atoms with van der Waals surface area (Å²) in [5, 5.41) is 0.780. The van der Waals surface area contributed by atoms with Gasteiger partial charge in [0.05, 0.1) is 23.4 Å². The number of fused-ring (bicyclic) bond motifs is 1. The summed E-state index contributed by atoms with van der Waals surface area (Å²) in [4.78, 5) is 20.5. The topological polar surface area (TPSA) is 60.5 Å². The summed E-state index contributed by atoms with van der Waals surface area (Å²) in [6.45, 7) is 9.28. The molecule has 4 aromatic rings. The highest BCUT2D eigenvalue weighted by molar-refractivity contribution is 9.10. The lowest BCUT2D eigenvalue weighted by Gasteiger charge is -2.36. The Hall–Kier alpha value is -2.49. The standard InChI is InChI=1S/C28H30BrClN6O/c29-24-17-31-28-25(26(24)36-10-8-34(9-11-36)18-20-4-6-23(30)7-5-20)32-27(33-28)22-3-1-2-21(16-22)19-35-12-14-37-15-13-35/h1-7,16-17H,8-15,18-19H2,(H,31,32,33). The fourth-order valence-electron chi connectivity index (χ4n) is 5.18. The molecule has 6 rings (SSSR count). The first-order valence-corrected chi connectivity index (χ1v) is 13.9. The van der Waals surface area contributed by atoms with Crippen LogP contribution in [0.25, 0.3) is 22.6 Å². The Morgan fingerprint density at radius 1 is 0.892 bits per heavy atom. The van der Waals surface area contributed by atoms with E-state index in [2.05, 4.69) is 77.0 Å². The molecule has 2 fully saturated rings. The van der Waals surface area contributed by atoms with Crippen molar-refractivity contribution in [3.8, 4) is 11.4 Å². The number of morpholine rings is 1. The predicted molar refractivity (Wildman–Crippen MR) is 152 cm³/mol. The summed E-state index contributed by atoms with van der Waals surface area (Å²) >= 11 is 9.82. The number of nitrogens with one attached hydrogen (secondary N) is 1. The monoisotopic (exact) mass is 580 g/mol. The molecule has 0 saturated carbocycles. The Bertz CT molecular complexity index is 1360. The van der Waals surface area contributed by atoms with Gasteiger partial charge in [-0.15, -0.1) is 0 Å². The van der Waals surface area contributed by atoms with Crippen molar-refractivity contribution in [3.63, 3.8) is 0 Å². The fourth-order valence-corrected chi connectivity index (χ4v) is 5.86. The Labute approximate surface area is 230 Å². The maximum absolute atomic E-state index is 6.05. The zero-order valence-corrected chi connectivity index (χ0v) is 23.0. The van der Waals surface area contributed by atoms with Crippen molar-refractivity contribution in [1.29, 1.82) is 0 Å². The van der Waals surface area contributed by atoms with Gasteiger partial charge in [0.2, 0.25) is 0 Å². The average molecular weight is 582 g/mol. The SMILES string of the molecule is Clc1ccc(CN2CCN(c3c(Br)cnc4nc(-c5cccc(CN6CCOCC6)c5)[nH]c34)CC2)cc1. The molecule has 0 bridgehead atoms. The second kappa shape index (κ2) is 11.1. The highest BCUT2D eigenvalue weighted by Gasteiger charge is 2.23. The van der Waals surface area contributed by atoms with Crippen molar-refractivity contribution in [1.82, 2.24) is 24.8 Å². The molecule has 37 heavy (non-hydrogen) atoms. The molecule has 0 unspecified atom stereocenters. The van der Waals surface area contributed by atoms with Gasteiger partial charge in [-0.05, 0) is 45.3 Å². The van der Waals surface area contributed by atoms with E-state index in [1.807, 2.05) is 18.3 Å². The number of hydrogen-bond acceptors (Lipinski definition) is 6. The summed E-state index contributed by atoms with van der Waals surface area (Å²) in [7, 11) is 0. The van der Waals surface area contributed by atoms with Crippen LogP contribution in [0.15, 0.2) is 59.2 Å². The number of nitrogens with zero attached hydrogens (tertiary/aromatic N) is 5. The molecule has 0 amide bonds. The van der Waals surface area contributed by atoms with E-state index >= 15 is 0 Å². The van der Waals surface area contributed by atoms with Crippen LogP contribution in [-0.4, -0.2) is 77.2 Å². The third-order valence-corrected chi connectivity index (χ3v) is 8.00. The van der Waals surface area contributed by atoms with Crippen LogP contribution in [-0.2, 0) is 17.8 Å². The minimum Gasteiger partial charge on any atom is -0.379 e. The van der Waals surface area contributed by atoms with E-state index in [1.54, 1.807) is 0 Å². The molecule has 0 atom stereocenters. The lowest BCUT2D eigenvalue weighted by atomic mass is 10.1. The molecule has 7 nitrogen and oxygen atoms in total. The molecular weight excluding hydrogens is 552 g/mol. The maximum atomic E-state index is 6.05. The number of rotatable bonds is 6. The predicted octanol–water partition coefficient (Wildman–Crippen LogP) is 5.20. The Morgan fingerprint density at radius 2 is 1.62 bits per heavy atom. The molecule has 0 spiro atoms. The van der Waals surface area contributed by atoms with E-state index in [4.69, 9.17) is 21.3 Å². The van der Waals surface area contributed by atoms with E-state index in [0.717, 1.165) is 103 Å². The van der Waals surface area contributed by atoms with Gasteiger partial charge < -0.3 is 14.6 Å². The van der Waals surface area contributed by atoms with Gasteiger partial charge in [-0.25, -0.2) is 9.97 Å². The van der Waals surface area contributed by atoms with Crippen LogP contribution >= 0.6 is 27.5 Å². The van der Waals surface area contributed by atoms with Crippen molar-refractivity contribution < 1.29 is 4.74 Å². The van der Waals surface area contributed by atoms with Crippen molar-refractivity contribution >= 4 is 44.4 Å². The van der Waals surface area contributed by atoms with Gasteiger partial charge in [0.15, 0.2) is 5.65 Å². The first-order chi connectivity index (χ1) is 18.1. The number of H-pyrrole nitrogens is 1. The highest BCUT2D eigenvalue weighted by Crippen LogP contribution is 2.34. The lowest BCUT2D eigenvalue weighted by Crippen LogP contribution is -2.46. The second-order valence-electron chi connectivity index (χ2n) is 9.72. The minimum atomic E-state index is 0.746. The number of imidazole rings is 1. The third-order valence-electron chi connectivity index (χ3n) is 7.17. The van der Waals surface area contributed by atoms with E-state index in [0.29, 0.717) is 0 Å². The summed E-state index contributed by atoms with van der Waals surface area (Å²) in [5.74, 6) is 0.854. The number of aromatic nitrogens is 3. The molecule has 1 N–H and O–H groups in total. The average Bonchev–Trinajstić information content (AvgIpc) is 3.36. The molecule has 0 radical (unpaired) electrons. The minimum absolute atomic E-state index is 0.746. The van der Waals surface area contributed by atoms with Gasteiger partial charge in [0.25, 0.3) is 0 Å². The molecule has 192 valence electrons. The molecule has 2 aromatic carbocycles. The normalized spacial score (nSPS) is 17.5. The summed E-state index contributed by atoms with van der Waals surface area (Å²) in [6.07, 6.45) is 1.87. The smallest absolute Gasteiger partial charge is 0.180 e. The Morgan fingerprint density at radius 3 is 2.41 bits per heavy atom. The zero-order valence-electron chi connectivity index (χ0n) is 20.7. The van der Waals surface area contributed by atoms with Gasteiger partial charge in [0.1, 0.15) is 11.3 Å². The Balaban J connectivity index is 1.19. The number of halogens is 2. The van der Waals surface area contributed by atoms with Crippen LogP contribution in [0.4, 0.5) is 5.69 Å². The molecule has 2 aromatic heterocycles. The zero-order chi connectivity index (χ0) is 25.2. The van der Waals surface area contributed by atoms with Crippen molar-refractivity contribution in [2.24, 2.45) is 0 Å². The maximum Gasteiger partial charge on any atom is 0.180 e. The van der Waals surface area contributed by atoms with E-state index in [1.165, 1.54) is 11.1 Å². The van der Waals surface area contributed by atoms with Crippen LogP contribution in [0.3, 0.4) is 0 Å². The molecular formula is C28H30BrClN6O. The van der Waals surface area contributed by atoms with Crippen LogP contribution in [0.5, 0.6) is 0 Å². The van der Waals surface area contributed by atoms with Gasteiger partial charge in [-0.2, -0.15) is 0 Å². The number of piperazine rings is 1. The van der Waals surface area contributed by atoms with Crippen molar-refractivity contribution in [3.05, 3.63) is 75.4 Å². The van der Waals surface area contributed by atoms with Gasteiger partial charge >= 0.3 is 0 Å². The van der Waals surface area contributed by atoms with Crippen LogP contribution in [0.2, 0.25) is 5.02 Å². The van der Waals surface area contributed by atoms with E-state index in [9.17, 15) is 0 Å². The van der Waals surface area contributed by atoms with Gasteiger partial charge in [-0.1, -0.05) is 41.9 Å². The van der Waals surface area contributed by atoms with Crippen LogP contribution < -0.4 is 4.90 Å². The van der Waals surface area contributed by atoms with Crippen molar-refractivity contribution in [2.75, 3.05) is 57.4 Å². The number of aromatic amines is 1. The fraction of sp³-hybridized carbons (Fsp3) is 0.357. The molecule has 9 heteroatoms. The molecule has 2 aliphatic heterocycles. The quantitative estimate of drug-likeness (QED) is 0.338. The van der Waals surface area contributed by atoms with Crippen molar-refractivity contribution in [2.45, 2.75) is 13.1 Å². The first-order valence-electron chi connectivity index (χ1n) is 12.8. The molecule has 2 saturated heterocycles. The van der Waals surface area contributed by atoms with Crippen LogP contribution in [0, 0.1) is 0 Å². The van der Waals surface area contributed by atoms with Gasteiger partial charge in [0, 0.05) is 69.1 Å².